The number of likely N-dealkylation sites (tertiary alicyclic amines) is 1. The maximum absolute atomic E-state index is 13.4. The summed E-state index contributed by atoms with van der Waals surface area (Å²) in [6, 6.07) is 7.47. The number of carbonyl (C=O) groups excluding carboxylic acids is 2. The van der Waals surface area contributed by atoms with Gasteiger partial charge in [-0.25, -0.2) is 4.98 Å². The molecular formula is C26H31N5O3S. The number of fused-ring (bicyclic) bond motifs is 1. The molecule has 2 amide bonds. The summed E-state index contributed by atoms with van der Waals surface area (Å²) >= 11 is 1.37. The van der Waals surface area contributed by atoms with Crippen molar-refractivity contribution in [3.05, 3.63) is 41.7 Å². The Kier molecular flexibility index (Phi) is 6.86. The summed E-state index contributed by atoms with van der Waals surface area (Å²) < 4.78 is 9.99. The molecule has 0 bridgehead atoms. The molecule has 0 aliphatic carbocycles. The van der Waals surface area contributed by atoms with Gasteiger partial charge in [0, 0.05) is 44.0 Å². The minimum absolute atomic E-state index is 0.0374. The molecule has 0 atom stereocenters. The summed E-state index contributed by atoms with van der Waals surface area (Å²) in [5.41, 5.74) is 3.26. The Morgan fingerprint density at radius 3 is 2.51 bits per heavy atom. The van der Waals surface area contributed by atoms with Gasteiger partial charge in [-0.15, -0.1) is 0 Å². The van der Waals surface area contributed by atoms with Crippen LogP contribution >= 0.6 is 11.5 Å². The number of ether oxygens (including phenoxy) is 1. The third kappa shape index (κ3) is 4.82. The summed E-state index contributed by atoms with van der Waals surface area (Å²) in [5, 5.41) is 4.01. The van der Waals surface area contributed by atoms with Gasteiger partial charge in [0.1, 0.15) is 10.6 Å². The lowest BCUT2D eigenvalue weighted by Crippen LogP contribution is -2.39. The van der Waals surface area contributed by atoms with Gasteiger partial charge in [0.2, 0.25) is 5.91 Å². The highest BCUT2D eigenvalue weighted by atomic mass is 32.1. The fourth-order valence-electron chi connectivity index (χ4n) is 5.02. The van der Waals surface area contributed by atoms with E-state index in [9.17, 15) is 9.59 Å². The van der Waals surface area contributed by atoms with E-state index in [1.807, 2.05) is 43.0 Å². The monoisotopic (exact) mass is 493 g/mol. The van der Waals surface area contributed by atoms with E-state index in [0.29, 0.717) is 25.3 Å². The highest BCUT2D eigenvalue weighted by Crippen LogP contribution is 2.37. The van der Waals surface area contributed by atoms with Crippen molar-refractivity contribution in [2.45, 2.75) is 39.5 Å². The lowest BCUT2D eigenvalue weighted by atomic mass is 9.94. The standard InChI is InChI=1S/C26H31N5O3S/c1-3-34-20-8-6-19(7-9-20)28-24(32)18-10-14-30(15-11-18)23-21(26(33)31-12-4-5-13-31)16-27-25-22(23)17(2)29-35-25/h6-9,16,18H,3-5,10-15H2,1-2H3,(H,28,32). The van der Waals surface area contributed by atoms with Crippen molar-refractivity contribution in [2.24, 2.45) is 5.92 Å². The van der Waals surface area contributed by atoms with Gasteiger partial charge in [-0.05, 0) is 75.3 Å². The minimum Gasteiger partial charge on any atom is -0.494 e. The van der Waals surface area contributed by atoms with Gasteiger partial charge in [0.05, 0.1) is 28.9 Å². The number of piperidine rings is 1. The largest absolute Gasteiger partial charge is 0.494 e. The molecule has 9 heteroatoms. The number of anilines is 2. The third-order valence-electron chi connectivity index (χ3n) is 6.89. The number of aromatic nitrogens is 2. The molecule has 2 aromatic heterocycles. The Labute approximate surface area is 209 Å². The summed E-state index contributed by atoms with van der Waals surface area (Å²) in [6.45, 7) is 7.54. The van der Waals surface area contributed by atoms with Gasteiger partial charge in [-0.1, -0.05) is 0 Å². The first-order chi connectivity index (χ1) is 17.0. The summed E-state index contributed by atoms with van der Waals surface area (Å²) in [5.74, 6) is 0.804. The molecule has 2 saturated heterocycles. The minimum atomic E-state index is -0.0745. The van der Waals surface area contributed by atoms with Gasteiger partial charge >= 0.3 is 0 Å². The smallest absolute Gasteiger partial charge is 0.257 e. The highest BCUT2D eigenvalue weighted by molar-refractivity contribution is 7.13. The van der Waals surface area contributed by atoms with Crippen molar-refractivity contribution in [1.29, 1.82) is 0 Å². The second-order valence-corrected chi connectivity index (χ2v) is 9.93. The van der Waals surface area contributed by atoms with Crippen LogP contribution in [0.1, 0.15) is 48.7 Å². The molecule has 1 N–H and O–H groups in total. The van der Waals surface area contributed by atoms with Crippen LogP contribution in [0.4, 0.5) is 11.4 Å². The zero-order valence-electron chi connectivity index (χ0n) is 20.2. The van der Waals surface area contributed by atoms with E-state index in [0.717, 1.165) is 71.8 Å². The number of carbonyl (C=O) groups is 2. The molecule has 0 unspecified atom stereocenters. The number of amides is 2. The van der Waals surface area contributed by atoms with E-state index in [2.05, 4.69) is 19.6 Å². The van der Waals surface area contributed by atoms with Gasteiger partial charge in [-0.2, -0.15) is 4.37 Å². The van der Waals surface area contributed by atoms with Crippen molar-refractivity contribution < 1.29 is 14.3 Å². The van der Waals surface area contributed by atoms with Crippen LogP contribution in [0, 0.1) is 12.8 Å². The first-order valence-electron chi connectivity index (χ1n) is 12.4. The number of nitrogens with one attached hydrogen (secondary N) is 1. The maximum atomic E-state index is 13.4. The second kappa shape index (κ2) is 10.2. The van der Waals surface area contributed by atoms with Crippen LogP contribution in [0.5, 0.6) is 5.75 Å². The predicted molar refractivity (Wildman–Crippen MR) is 138 cm³/mol. The van der Waals surface area contributed by atoms with E-state index in [1.165, 1.54) is 11.5 Å². The van der Waals surface area contributed by atoms with E-state index < -0.39 is 0 Å². The average molecular weight is 494 g/mol. The molecule has 5 rings (SSSR count). The molecule has 0 radical (unpaired) electrons. The van der Waals surface area contributed by atoms with E-state index in [1.54, 1.807) is 6.20 Å². The van der Waals surface area contributed by atoms with E-state index in [4.69, 9.17) is 4.74 Å². The fourth-order valence-corrected chi connectivity index (χ4v) is 5.77. The lowest BCUT2D eigenvalue weighted by Gasteiger charge is -2.34. The molecule has 4 heterocycles. The Bertz CT molecular complexity index is 1210. The molecule has 2 aliphatic heterocycles. The number of pyridine rings is 1. The van der Waals surface area contributed by atoms with Crippen molar-refractivity contribution in [2.75, 3.05) is 43.0 Å². The summed E-state index contributed by atoms with van der Waals surface area (Å²) in [7, 11) is 0. The van der Waals surface area contributed by atoms with E-state index >= 15 is 0 Å². The Hall–Kier alpha value is -3.20. The maximum Gasteiger partial charge on any atom is 0.257 e. The molecule has 35 heavy (non-hydrogen) atoms. The molecule has 3 aromatic rings. The Balaban J connectivity index is 1.32. The van der Waals surface area contributed by atoms with E-state index in [-0.39, 0.29) is 17.7 Å². The molecule has 2 aliphatic rings. The second-order valence-electron chi connectivity index (χ2n) is 9.18. The van der Waals surface area contributed by atoms with Crippen LogP contribution in [0.2, 0.25) is 0 Å². The topological polar surface area (TPSA) is 87.7 Å². The molecule has 8 nitrogen and oxygen atoms in total. The van der Waals surface area contributed by atoms with Gasteiger partial charge in [0.15, 0.2) is 0 Å². The van der Waals surface area contributed by atoms with Crippen LogP contribution in [0.3, 0.4) is 0 Å². The summed E-state index contributed by atoms with van der Waals surface area (Å²) in [4.78, 5) is 36.0. The number of hydrogen-bond donors (Lipinski definition) is 1. The van der Waals surface area contributed by atoms with Gasteiger partial charge in [-0.3, -0.25) is 9.59 Å². The SMILES string of the molecule is CCOc1ccc(NC(=O)C2CCN(c3c(C(=O)N4CCCC4)cnc4snc(C)c34)CC2)cc1. The Morgan fingerprint density at radius 1 is 1.11 bits per heavy atom. The number of rotatable bonds is 6. The van der Waals surface area contributed by atoms with Crippen molar-refractivity contribution in [3.63, 3.8) is 0 Å². The quantitative estimate of drug-likeness (QED) is 0.544. The average Bonchev–Trinajstić information content (AvgIpc) is 3.55. The molecule has 0 saturated carbocycles. The molecular weight excluding hydrogens is 462 g/mol. The summed E-state index contributed by atoms with van der Waals surface area (Å²) in [6.07, 6.45) is 5.26. The molecule has 184 valence electrons. The first kappa shape index (κ1) is 23.5. The van der Waals surface area contributed by atoms with Gasteiger partial charge < -0.3 is 19.9 Å². The third-order valence-corrected chi connectivity index (χ3v) is 7.73. The van der Waals surface area contributed by atoms with Crippen LogP contribution in [-0.2, 0) is 4.79 Å². The molecule has 1 aromatic carbocycles. The molecule has 2 fully saturated rings. The zero-order chi connectivity index (χ0) is 24.4. The number of aryl methyl sites for hydroxylation is 1. The van der Waals surface area contributed by atoms with Crippen LogP contribution in [0.25, 0.3) is 10.2 Å². The highest BCUT2D eigenvalue weighted by Gasteiger charge is 2.31. The first-order valence-corrected chi connectivity index (χ1v) is 13.2. The predicted octanol–water partition coefficient (Wildman–Crippen LogP) is 4.49. The van der Waals surface area contributed by atoms with Gasteiger partial charge in [0.25, 0.3) is 5.91 Å². The zero-order valence-corrected chi connectivity index (χ0v) is 21.1. The lowest BCUT2D eigenvalue weighted by molar-refractivity contribution is -0.120. The fraction of sp³-hybridized carbons (Fsp3) is 0.462. The van der Waals surface area contributed by atoms with Crippen molar-refractivity contribution >= 4 is 44.9 Å². The van der Waals surface area contributed by atoms with Crippen molar-refractivity contribution in [3.8, 4) is 5.75 Å². The van der Waals surface area contributed by atoms with Crippen LogP contribution in [0.15, 0.2) is 30.5 Å². The number of benzene rings is 1. The number of nitrogens with zero attached hydrogens (tertiary/aromatic N) is 4. The van der Waals surface area contributed by atoms with Crippen LogP contribution < -0.4 is 15.0 Å². The number of hydrogen-bond acceptors (Lipinski definition) is 7. The van der Waals surface area contributed by atoms with Crippen LogP contribution in [-0.4, -0.2) is 58.9 Å². The normalized spacial score (nSPS) is 16.6. The van der Waals surface area contributed by atoms with Crippen molar-refractivity contribution in [1.82, 2.24) is 14.3 Å². The Morgan fingerprint density at radius 2 is 1.83 bits per heavy atom. The molecule has 0 spiro atoms.